The van der Waals surface area contributed by atoms with E-state index in [-0.39, 0.29) is 23.5 Å². The Morgan fingerprint density at radius 2 is 2.30 bits per heavy atom. The molecule has 8 heteroatoms. The largest absolute Gasteiger partial charge is 0.467 e. The summed E-state index contributed by atoms with van der Waals surface area (Å²) in [5, 5.41) is 3.60. The van der Waals surface area contributed by atoms with Gasteiger partial charge in [-0.15, -0.1) is 0 Å². The fourth-order valence-electron chi connectivity index (χ4n) is 3.64. The Morgan fingerprint density at radius 1 is 1.37 bits per heavy atom. The molecular formula is C19H23N3O4S. The molecule has 0 saturated carbocycles. The summed E-state index contributed by atoms with van der Waals surface area (Å²) in [7, 11) is 0. The van der Waals surface area contributed by atoms with Crippen molar-refractivity contribution in [3.63, 3.8) is 0 Å². The van der Waals surface area contributed by atoms with E-state index in [0.29, 0.717) is 18.1 Å². The third kappa shape index (κ3) is 4.27. The highest BCUT2D eigenvalue weighted by Crippen LogP contribution is 2.29. The van der Waals surface area contributed by atoms with Crippen LogP contribution in [0.15, 0.2) is 32.6 Å². The van der Waals surface area contributed by atoms with Crippen molar-refractivity contribution in [1.82, 2.24) is 14.9 Å². The Hall–Kier alpha value is -2.06. The fraction of sp³-hybridized carbons (Fsp3) is 0.526. The molecule has 1 N–H and O–H groups in total. The Labute approximate surface area is 161 Å². The second kappa shape index (κ2) is 8.31. The standard InChI is InChI=1S/C19H23N3O4S/c23-17(20-10-13-4-2-8-25-13)12-27-18-15-6-1-7-16(15)22(19(24)21-18)11-14-5-3-9-26-14/h3,5,9,13H,1-2,4,6-8,10-12H2,(H,20,23)/t13-/m1/s1. The molecule has 0 unspecified atom stereocenters. The van der Waals surface area contributed by atoms with Gasteiger partial charge in [0.05, 0.1) is 24.7 Å². The summed E-state index contributed by atoms with van der Waals surface area (Å²) < 4.78 is 12.6. The smallest absolute Gasteiger partial charge is 0.349 e. The molecule has 0 radical (unpaired) electrons. The SMILES string of the molecule is O=C(CSc1nc(=O)n(Cc2ccco2)c2c1CCC2)NC[C@H]1CCCO1. The van der Waals surface area contributed by atoms with E-state index in [1.807, 2.05) is 12.1 Å². The molecule has 2 aromatic heterocycles. The highest BCUT2D eigenvalue weighted by Gasteiger charge is 2.23. The first-order chi connectivity index (χ1) is 13.2. The Balaban J connectivity index is 1.42. The molecule has 3 heterocycles. The number of fused-ring (bicyclic) bond motifs is 1. The number of thioether (sulfide) groups is 1. The number of carbonyl (C=O) groups excluding carboxylic acids is 1. The second-order valence-corrected chi connectivity index (χ2v) is 7.84. The van der Waals surface area contributed by atoms with E-state index in [1.165, 1.54) is 11.8 Å². The molecule has 2 aromatic rings. The first-order valence-corrected chi connectivity index (χ1v) is 10.4. The van der Waals surface area contributed by atoms with E-state index in [1.54, 1.807) is 10.8 Å². The van der Waals surface area contributed by atoms with Gasteiger partial charge in [-0.05, 0) is 44.2 Å². The molecule has 1 aliphatic heterocycles. The molecule has 1 saturated heterocycles. The number of rotatable bonds is 7. The third-order valence-corrected chi connectivity index (χ3v) is 6.00. The van der Waals surface area contributed by atoms with Gasteiger partial charge >= 0.3 is 5.69 Å². The van der Waals surface area contributed by atoms with Crippen LogP contribution in [0, 0.1) is 0 Å². The lowest BCUT2D eigenvalue weighted by Crippen LogP contribution is -2.33. The van der Waals surface area contributed by atoms with Crippen molar-refractivity contribution in [3.8, 4) is 0 Å². The highest BCUT2D eigenvalue weighted by molar-refractivity contribution is 7.99. The lowest BCUT2D eigenvalue weighted by Gasteiger charge is -2.14. The summed E-state index contributed by atoms with van der Waals surface area (Å²) in [5.41, 5.74) is 1.83. The van der Waals surface area contributed by atoms with E-state index in [0.717, 1.165) is 55.7 Å². The third-order valence-electron chi connectivity index (χ3n) is 4.99. The van der Waals surface area contributed by atoms with Crippen molar-refractivity contribution >= 4 is 17.7 Å². The van der Waals surface area contributed by atoms with Crippen molar-refractivity contribution in [2.24, 2.45) is 0 Å². The number of amides is 1. The molecule has 27 heavy (non-hydrogen) atoms. The van der Waals surface area contributed by atoms with Crippen LogP contribution in [0.5, 0.6) is 0 Å². The van der Waals surface area contributed by atoms with Gasteiger partial charge in [0.1, 0.15) is 10.8 Å². The number of hydrogen-bond acceptors (Lipinski definition) is 6. The molecule has 1 atom stereocenters. The number of carbonyl (C=O) groups is 1. The molecular weight excluding hydrogens is 366 g/mol. The first kappa shape index (κ1) is 18.3. The molecule has 2 aliphatic rings. The Bertz CT molecular complexity index is 857. The predicted octanol–water partition coefficient (Wildman–Crippen LogP) is 1.76. The molecule has 144 valence electrons. The summed E-state index contributed by atoms with van der Waals surface area (Å²) in [4.78, 5) is 28.9. The van der Waals surface area contributed by atoms with E-state index in [9.17, 15) is 9.59 Å². The highest BCUT2D eigenvalue weighted by atomic mass is 32.2. The van der Waals surface area contributed by atoms with E-state index >= 15 is 0 Å². The number of nitrogens with one attached hydrogen (secondary N) is 1. The van der Waals surface area contributed by atoms with Crippen LogP contribution in [-0.4, -0.2) is 40.5 Å². The minimum atomic E-state index is -0.283. The zero-order chi connectivity index (χ0) is 18.6. The van der Waals surface area contributed by atoms with Crippen LogP contribution in [0.4, 0.5) is 0 Å². The first-order valence-electron chi connectivity index (χ1n) is 9.37. The van der Waals surface area contributed by atoms with Gasteiger partial charge in [-0.1, -0.05) is 11.8 Å². The zero-order valence-corrected chi connectivity index (χ0v) is 15.9. The number of furan rings is 1. The van der Waals surface area contributed by atoms with Gasteiger partial charge < -0.3 is 14.5 Å². The van der Waals surface area contributed by atoms with E-state index < -0.39 is 0 Å². The van der Waals surface area contributed by atoms with Gasteiger partial charge in [0.2, 0.25) is 5.91 Å². The summed E-state index contributed by atoms with van der Waals surface area (Å²) in [6.45, 7) is 1.73. The maximum absolute atomic E-state index is 12.6. The summed E-state index contributed by atoms with van der Waals surface area (Å²) in [6.07, 6.45) is 6.53. The quantitative estimate of drug-likeness (QED) is 0.574. The summed E-state index contributed by atoms with van der Waals surface area (Å²) >= 11 is 1.35. The Kier molecular flexibility index (Phi) is 5.63. The molecule has 1 aliphatic carbocycles. The predicted molar refractivity (Wildman–Crippen MR) is 101 cm³/mol. The van der Waals surface area contributed by atoms with Crippen molar-refractivity contribution in [1.29, 1.82) is 0 Å². The second-order valence-electron chi connectivity index (χ2n) is 6.87. The number of ether oxygens (including phenoxy) is 1. The summed E-state index contributed by atoms with van der Waals surface area (Å²) in [5.74, 6) is 0.944. The van der Waals surface area contributed by atoms with Gasteiger partial charge in [0, 0.05) is 24.4 Å². The van der Waals surface area contributed by atoms with Crippen LogP contribution in [0.25, 0.3) is 0 Å². The van der Waals surface area contributed by atoms with Crippen LogP contribution in [-0.2, 0) is 28.9 Å². The van der Waals surface area contributed by atoms with E-state index in [4.69, 9.17) is 9.15 Å². The van der Waals surface area contributed by atoms with Crippen LogP contribution in [0.1, 0.15) is 36.3 Å². The van der Waals surface area contributed by atoms with Gasteiger partial charge in [-0.3, -0.25) is 9.36 Å². The molecule has 1 fully saturated rings. The lowest BCUT2D eigenvalue weighted by atomic mass is 10.2. The van der Waals surface area contributed by atoms with Crippen LogP contribution >= 0.6 is 11.8 Å². The topological polar surface area (TPSA) is 86.4 Å². The van der Waals surface area contributed by atoms with Gasteiger partial charge in [0.15, 0.2) is 0 Å². The fourth-order valence-corrected chi connectivity index (χ4v) is 4.55. The number of nitrogens with zero attached hydrogens (tertiary/aromatic N) is 2. The van der Waals surface area contributed by atoms with Crippen molar-refractivity contribution < 1.29 is 13.9 Å². The average Bonchev–Trinajstić information content (AvgIpc) is 3.42. The minimum absolute atomic E-state index is 0.0520. The average molecular weight is 389 g/mol. The van der Waals surface area contributed by atoms with Crippen molar-refractivity contribution in [2.45, 2.75) is 49.8 Å². The molecule has 0 bridgehead atoms. The van der Waals surface area contributed by atoms with Gasteiger partial charge in [-0.2, -0.15) is 4.98 Å². The van der Waals surface area contributed by atoms with E-state index in [2.05, 4.69) is 10.3 Å². The van der Waals surface area contributed by atoms with Crippen LogP contribution < -0.4 is 11.0 Å². The summed E-state index contributed by atoms with van der Waals surface area (Å²) in [6, 6.07) is 3.67. The maximum atomic E-state index is 12.6. The monoisotopic (exact) mass is 389 g/mol. The molecule has 0 spiro atoms. The molecule has 4 rings (SSSR count). The minimum Gasteiger partial charge on any atom is -0.467 e. The lowest BCUT2D eigenvalue weighted by molar-refractivity contribution is -0.119. The zero-order valence-electron chi connectivity index (χ0n) is 15.1. The number of aromatic nitrogens is 2. The molecule has 0 aromatic carbocycles. The van der Waals surface area contributed by atoms with Crippen LogP contribution in [0.3, 0.4) is 0 Å². The van der Waals surface area contributed by atoms with Crippen LogP contribution in [0.2, 0.25) is 0 Å². The Morgan fingerprint density at radius 3 is 3.07 bits per heavy atom. The maximum Gasteiger partial charge on any atom is 0.349 e. The van der Waals surface area contributed by atoms with Gasteiger partial charge in [0.25, 0.3) is 0 Å². The molecule has 7 nitrogen and oxygen atoms in total. The van der Waals surface area contributed by atoms with Crippen molar-refractivity contribution in [2.75, 3.05) is 18.9 Å². The number of hydrogen-bond donors (Lipinski definition) is 1. The van der Waals surface area contributed by atoms with Gasteiger partial charge in [-0.25, -0.2) is 4.79 Å². The normalized spacial score (nSPS) is 18.6. The van der Waals surface area contributed by atoms with Crippen molar-refractivity contribution in [3.05, 3.63) is 45.9 Å². The molecule has 1 amide bonds.